The maximum absolute atomic E-state index is 13.4. The first-order valence-corrected chi connectivity index (χ1v) is 5.88. The van der Waals surface area contributed by atoms with Gasteiger partial charge in [0.25, 0.3) is 0 Å². The lowest BCUT2D eigenvalue weighted by Crippen LogP contribution is -2.08. The summed E-state index contributed by atoms with van der Waals surface area (Å²) in [4.78, 5) is 4.05. The van der Waals surface area contributed by atoms with Crippen molar-refractivity contribution in [2.75, 3.05) is 5.32 Å². The Labute approximate surface area is 104 Å². The summed E-state index contributed by atoms with van der Waals surface area (Å²) < 4.78 is 28.4. The molecule has 0 spiro atoms. The minimum absolute atomic E-state index is 0.166. The third-order valence-electron chi connectivity index (χ3n) is 2.65. The fraction of sp³-hybridized carbons (Fsp3) is 0.308. The molecule has 1 heterocycles. The zero-order chi connectivity index (χ0) is 13.0. The fourth-order valence-corrected chi connectivity index (χ4v) is 1.76. The number of aryl methyl sites for hydroxylation is 1. The molecule has 0 bridgehead atoms. The van der Waals surface area contributed by atoms with E-state index in [1.807, 2.05) is 4.57 Å². The number of hydrogen-bond donors (Lipinski definition) is 1. The Bertz CT molecular complexity index is 523. The van der Waals surface area contributed by atoms with E-state index in [0.717, 1.165) is 36.9 Å². The van der Waals surface area contributed by atoms with Gasteiger partial charge in [-0.05, 0) is 24.6 Å². The van der Waals surface area contributed by atoms with Gasteiger partial charge in [-0.1, -0.05) is 6.92 Å². The second-order valence-corrected chi connectivity index (χ2v) is 4.06. The second kappa shape index (κ2) is 5.62. The summed E-state index contributed by atoms with van der Waals surface area (Å²) >= 11 is 0. The predicted octanol–water partition coefficient (Wildman–Crippen LogP) is 3.18. The molecule has 1 aromatic carbocycles. The van der Waals surface area contributed by atoms with Crippen molar-refractivity contribution in [3.05, 3.63) is 48.1 Å². The van der Waals surface area contributed by atoms with Crippen LogP contribution in [-0.2, 0) is 13.1 Å². The Kier molecular flexibility index (Phi) is 3.92. The van der Waals surface area contributed by atoms with Crippen LogP contribution >= 0.6 is 0 Å². The summed E-state index contributed by atoms with van der Waals surface area (Å²) in [6, 6.07) is 3.36. The van der Waals surface area contributed by atoms with Crippen LogP contribution in [-0.4, -0.2) is 9.55 Å². The van der Waals surface area contributed by atoms with Gasteiger partial charge in [-0.3, -0.25) is 0 Å². The highest BCUT2D eigenvalue weighted by Gasteiger charge is 2.05. The maximum atomic E-state index is 13.4. The molecule has 0 saturated heterocycles. The van der Waals surface area contributed by atoms with Gasteiger partial charge in [-0.2, -0.15) is 0 Å². The van der Waals surface area contributed by atoms with Gasteiger partial charge in [-0.15, -0.1) is 0 Å². The van der Waals surface area contributed by atoms with E-state index < -0.39 is 11.6 Å². The van der Waals surface area contributed by atoms with Crippen LogP contribution < -0.4 is 5.32 Å². The maximum Gasteiger partial charge on any atom is 0.146 e. The van der Waals surface area contributed by atoms with Gasteiger partial charge in [0.1, 0.15) is 11.6 Å². The molecule has 0 amide bonds. The van der Waals surface area contributed by atoms with Gasteiger partial charge in [-0.25, -0.2) is 13.8 Å². The summed E-state index contributed by atoms with van der Waals surface area (Å²) in [5.41, 5.74) is 1.11. The van der Waals surface area contributed by atoms with E-state index in [1.165, 1.54) is 0 Å². The molecule has 96 valence electrons. The molecule has 0 aliphatic heterocycles. The standard InChI is InChI=1S/C13H15F2N3/c1-2-5-18-9-16-7-11(18)8-17-13-6-10(14)3-4-12(13)15/h3-4,6-7,9,17H,2,5,8H2,1H3. The minimum Gasteiger partial charge on any atom is -0.377 e. The third-order valence-corrected chi connectivity index (χ3v) is 2.65. The van der Waals surface area contributed by atoms with E-state index in [2.05, 4.69) is 17.2 Å². The normalized spacial score (nSPS) is 10.6. The summed E-state index contributed by atoms with van der Waals surface area (Å²) in [5.74, 6) is -0.918. The van der Waals surface area contributed by atoms with Crippen molar-refractivity contribution in [1.82, 2.24) is 9.55 Å². The van der Waals surface area contributed by atoms with Gasteiger partial charge in [0.2, 0.25) is 0 Å². The van der Waals surface area contributed by atoms with Crippen molar-refractivity contribution in [3.8, 4) is 0 Å². The molecule has 0 fully saturated rings. The van der Waals surface area contributed by atoms with Crippen LogP contribution in [0.5, 0.6) is 0 Å². The van der Waals surface area contributed by atoms with E-state index in [9.17, 15) is 8.78 Å². The monoisotopic (exact) mass is 251 g/mol. The molecule has 5 heteroatoms. The van der Waals surface area contributed by atoms with Gasteiger partial charge >= 0.3 is 0 Å². The SMILES string of the molecule is CCCn1cncc1CNc1cc(F)ccc1F. The van der Waals surface area contributed by atoms with E-state index >= 15 is 0 Å². The molecule has 0 atom stereocenters. The lowest BCUT2D eigenvalue weighted by Gasteiger charge is -2.10. The molecular formula is C13H15F2N3. The van der Waals surface area contributed by atoms with Gasteiger partial charge < -0.3 is 9.88 Å². The molecule has 0 radical (unpaired) electrons. The lowest BCUT2D eigenvalue weighted by molar-refractivity contribution is 0.601. The number of hydrogen-bond acceptors (Lipinski definition) is 2. The second-order valence-electron chi connectivity index (χ2n) is 4.06. The lowest BCUT2D eigenvalue weighted by atomic mass is 10.3. The number of imidazole rings is 1. The van der Waals surface area contributed by atoms with Crippen molar-refractivity contribution in [3.63, 3.8) is 0 Å². The number of halogens is 2. The Balaban J connectivity index is 2.06. The molecule has 3 nitrogen and oxygen atoms in total. The molecule has 1 N–H and O–H groups in total. The summed E-state index contributed by atoms with van der Waals surface area (Å²) in [7, 11) is 0. The van der Waals surface area contributed by atoms with E-state index in [0.29, 0.717) is 6.54 Å². The Morgan fingerprint density at radius 3 is 2.94 bits per heavy atom. The van der Waals surface area contributed by atoms with Gasteiger partial charge in [0.05, 0.1) is 24.3 Å². The van der Waals surface area contributed by atoms with Crippen molar-refractivity contribution in [1.29, 1.82) is 0 Å². The summed E-state index contributed by atoms with van der Waals surface area (Å²) in [6.45, 7) is 3.35. The van der Waals surface area contributed by atoms with Crippen molar-refractivity contribution >= 4 is 5.69 Å². The molecular weight excluding hydrogens is 236 g/mol. The van der Waals surface area contributed by atoms with Crippen LogP contribution in [0.1, 0.15) is 19.0 Å². The number of nitrogens with one attached hydrogen (secondary N) is 1. The molecule has 18 heavy (non-hydrogen) atoms. The van der Waals surface area contributed by atoms with Gasteiger partial charge in [0.15, 0.2) is 0 Å². The molecule has 0 aliphatic carbocycles. The molecule has 0 unspecified atom stereocenters. The number of anilines is 1. The first kappa shape index (κ1) is 12.5. The van der Waals surface area contributed by atoms with E-state index in [4.69, 9.17) is 0 Å². The topological polar surface area (TPSA) is 29.9 Å². The van der Waals surface area contributed by atoms with Crippen LogP contribution in [0, 0.1) is 11.6 Å². The Hall–Kier alpha value is -1.91. The van der Waals surface area contributed by atoms with E-state index in [1.54, 1.807) is 12.5 Å². The smallest absolute Gasteiger partial charge is 0.146 e. The zero-order valence-corrected chi connectivity index (χ0v) is 10.2. The van der Waals surface area contributed by atoms with E-state index in [-0.39, 0.29) is 5.69 Å². The highest BCUT2D eigenvalue weighted by atomic mass is 19.1. The Morgan fingerprint density at radius 1 is 1.33 bits per heavy atom. The van der Waals surface area contributed by atoms with Crippen molar-refractivity contribution < 1.29 is 8.78 Å². The first-order valence-electron chi connectivity index (χ1n) is 5.88. The van der Waals surface area contributed by atoms with Crippen LogP contribution in [0.2, 0.25) is 0 Å². The number of rotatable bonds is 5. The largest absolute Gasteiger partial charge is 0.377 e. The number of benzene rings is 1. The molecule has 2 aromatic rings. The number of nitrogens with zero attached hydrogens (tertiary/aromatic N) is 2. The quantitative estimate of drug-likeness (QED) is 0.884. The van der Waals surface area contributed by atoms with Crippen LogP contribution in [0.15, 0.2) is 30.7 Å². The first-order chi connectivity index (χ1) is 8.70. The Morgan fingerprint density at radius 2 is 2.17 bits per heavy atom. The highest BCUT2D eigenvalue weighted by molar-refractivity contribution is 5.45. The summed E-state index contributed by atoms with van der Waals surface area (Å²) in [5, 5.41) is 2.88. The van der Waals surface area contributed by atoms with Crippen LogP contribution in [0.25, 0.3) is 0 Å². The van der Waals surface area contributed by atoms with Crippen molar-refractivity contribution in [2.45, 2.75) is 26.4 Å². The minimum atomic E-state index is -0.460. The third kappa shape index (κ3) is 2.85. The average Bonchev–Trinajstić information content (AvgIpc) is 2.78. The van der Waals surface area contributed by atoms with Crippen LogP contribution in [0.4, 0.5) is 14.5 Å². The highest BCUT2D eigenvalue weighted by Crippen LogP contribution is 2.16. The zero-order valence-electron chi connectivity index (χ0n) is 10.2. The predicted molar refractivity (Wildman–Crippen MR) is 66.2 cm³/mol. The molecule has 0 aliphatic rings. The van der Waals surface area contributed by atoms with Gasteiger partial charge in [0, 0.05) is 12.7 Å². The number of aromatic nitrogens is 2. The fourth-order valence-electron chi connectivity index (χ4n) is 1.76. The van der Waals surface area contributed by atoms with Crippen molar-refractivity contribution in [2.24, 2.45) is 0 Å². The van der Waals surface area contributed by atoms with Crippen LogP contribution in [0.3, 0.4) is 0 Å². The molecule has 2 rings (SSSR count). The molecule has 1 aromatic heterocycles. The molecule has 0 saturated carbocycles. The average molecular weight is 251 g/mol. The summed E-state index contributed by atoms with van der Waals surface area (Å²) in [6.07, 6.45) is 4.46.